The number of rotatable bonds is 4. The topological polar surface area (TPSA) is 24.5 Å². The van der Waals surface area contributed by atoms with Crippen LogP contribution in [-0.2, 0) is 4.74 Å². The summed E-state index contributed by atoms with van der Waals surface area (Å²) >= 11 is 0. The van der Waals surface area contributed by atoms with Gasteiger partial charge in [0.15, 0.2) is 0 Å². The molecule has 1 heterocycles. The first-order chi connectivity index (χ1) is 8.23. The number of methoxy groups -OCH3 is 1. The summed E-state index contributed by atoms with van der Waals surface area (Å²) < 4.78 is 5.49. The van der Waals surface area contributed by atoms with Crippen LogP contribution in [0.4, 0.5) is 0 Å². The van der Waals surface area contributed by atoms with E-state index in [4.69, 9.17) is 4.74 Å². The standard InChI is InChI=1S/C14H28N2O/c1-4-14(5-2)11-16(9-8-15-14)12-6-7-13(10-12)17-3/h12-13,15H,4-11H2,1-3H3. The average molecular weight is 240 g/mol. The largest absolute Gasteiger partial charge is 0.381 e. The smallest absolute Gasteiger partial charge is 0.0586 e. The van der Waals surface area contributed by atoms with E-state index in [0.29, 0.717) is 11.6 Å². The summed E-state index contributed by atoms with van der Waals surface area (Å²) in [6.07, 6.45) is 6.78. The summed E-state index contributed by atoms with van der Waals surface area (Å²) in [6, 6.07) is 0.763. The van der Waals surface area contributed by atoms with Crippen molar-refractivity contribution >= 4 is 0 Å². The monoisotopic (exact) mass is 240 g/mol. The van der Waals surface area contributed by atoms with E-state index in [1.807, 2.05) is 7.11 Å². The van der Waals surface area contributed by atoms with Crippen LogP contribution in [0.15, 0.2) is 0 Å². The molecular formula is C14H28N2O. The zero-order valence-corrected chi connectivity index (χ0v) is 11.7. The van der Waals surface area contributed by atoms with Crippen molar-refractivity contribution in [2.24, 2.45) is 0 Å². The Hall–Kier alpha value is -0.120. The number of hydrogen-bond donors (Lipinski definition) is 1. The molecule has 0 amide bonds. The van der Waals surface area contributed by atoms with Gasteiger partial charge in [-0.15, -0.1) is 0 Å². The summed E-state index contributed by atoms with van der Waals surface area (Å²) in [6.45, 7) is 8.21. The number of ether oxygens (including phenoxy) is 1. The van der Waals surface area contributed by atoms with Gasteiger partial charge in [-0.1, -0.05) is 13.8 Å². The lowest BCUT2D eigenvalue weighted by Gasteiger charge is -2.45. The van der Waals surface area contributed by atoms with Gasteiger partial charge in [0.05, 0.1) is 6.10 Å². The molecule has 100 valence electrons. The van der Waals surface area contributed by atoms with Crippen molar-refractivity contribution in [2.75, 3.05) is 26.7 Å². The molecule has 0 radical (unpaired) electrons. The molecule has 1 aliphatic heterocycles. The fourth-order valence-corrected chi connectivity index (χ4v) is 3.49. The number of nitrogens with one attached hydrogen (secondary N) is 1. The number of piperazine rings is 1. The Bertz CT molecular complexity index is 240. The van der Waals surface area contributed by atoms with Gasteiger partial charge >= 0.3 is 0 Å². The van der Waals surface area contributed by atoms with E-state index < -0.39 is 0 Å². The normalized spacial score (nSPS) is 34.1. The maximum Gasteiger partial charge on any atom is 0.0586 e. The van der Waals surface area contributed by atoms with Crippen LogP contribution >= 0.6 is 0 Å². The van der Waals surface area contributed by atoms with Gasteiger partial charge in [0.25, 0.3) is 0 Å². The van der Waals surface area contributed by atoms with Crippen LogP contribution in [0.1, 0.15) is 46.0 Å². The van der Waals surface area contributed by atoms with Gasteiger partial charge in [-0.3, -0.25) is 4.90 Å². The molecule has 2 atom stereocenters. The van der Waals surface area contributed by atoms with Gasteiger partial charge in [-0.2, -0.15) is 0 Å². The van der Waals surface area contributed by atoms with Gasteiger partial charge in [0.2, 0.25) is 0 Å². The number of hydrogen-bond acceptors (Lipinski definition) is 3. The van der Waals surface area contributed by atoms with Gasteiger partial charge in [-0.05, 0) is 32.1 Å². The van der Waals surface area contributed by atoms with Crippen molar-refractivity contribution in [3.8, 4) is 0 Å². The third kappa shape index (κ3) is 2.83. The highest BCUT2D eigenvalue weighted by Crippen LogP contribution is 2.29. The molecule has 2 unspecified atom stereocenters. The molecule has 1 saturated heterocycles. The van der Waals surface area contributed by atoms with Crippen LogP contribution in [0.3, 0.4) is 0 Å². The van der Waals surface area contributed by atoms with Crippen molar-refractivity contribution < 1.29 is 4.74 Å². The van der Waals surface area contributed by atoms with Crippen molar-refractivity contribution in [1.82, 2.24) is 10.2 Å². The van der Waals surface area contributed by atoms with E-state index in [1.165, 1.54) is 45.2 Å². The molecule has 1 saturated carbocycles. The molecule has 3 nitrogen and oxygen atoms in total. The molecule has 2 rings (SSSR count). The van der Waals surface area contributed by atoms with E-state index >= 15 is 0 Å². The molecule has 2 fully saturated rings. The van der Waals surface area contributed by atoms with E-state index in [1.54, 1.807) is 0 Å². The van der Waals surface area contributed by atoms with Gasteiger partial charge < -0.3 is 10.1 Å². The Kier molecular flexibility index (Phi) is 4.45. The summed E-state index contributed by atoms with van der Waals surface area (Å²) in [5.41, 5.74) is 0.364. The van der Waals surface area contributed by atoms with Gasteiger partial charge in [0.1, 0.15) is 0 Å². The van der Waals surface area contributed by atoms with Crippen molar-refractivity contribution in [3.63, 3.8) is 0 Å². The van der Waals surface area contributed by atoms with Crippen LogP contribution < -0.4 is 5.32 Å². The quantitative estimate of drug-likeness (QED) is 0.813. The minimum absolute atomic E-state index is 0.364. The molecule has 0 aromatic heterocycles. The molecule has 0 spiro atoms. The predicted molar refractivity (Wildman–Crippen MR) is 71.3 cm³/mol. The van der Waals surface area contributed by atoms with E-state index in [0.717, 1.165) is 12.6 Å². The zero-order valence-electron chi connectivity index (χ0n) is 11.7. The summed E-state index contributed by atoms with van der Waals surface area (Å²) in [5, 5.41) is 3.74. The van der Waals surface area contributed by atoms with Crippen molar-refractivity contribution in [2.45, 2.75) is 63.6 Å². The molecular weight excluding hydrogens is 212 g/mol. The first-order valence-corrected chi connectivity index (χ1v) is 7.25. The Morgan fingerprint density at radius 1 is 1.29 bits per heavy atom. The second-order valence-electron chi connectivity index (χ2n) is 5.71. The highest BCUT2D eigenvalue weighted by molar-refractivity contribution is 4.96. The Labute approximate surface area is 106 Å². The average Bonchev–Trinajstić information content (AvgIpc) is 2.87. The van der Waals surface area contributed by atoms with Gasteiger partial charge in [0, 0.05) is 38.3 Å². The Balaban J connectivity index is 1.93. The lowest BCUT2D eigenvalue weighted by Crippen LogP contribution is -2.61. The lowest BCUT2D eigenvalue weighted by atomic mass is 9.89. The molecule has 0 aromatic rings. The molecule has 3 heteroatoms. The SMILES string of the molecule is CCC1(CC)CN(C2CCC(OC)C2)CCN1. The van der Waals surface area contributed by atoms with Crippen LogP contribution in [0.25, 0.3) is 0 Å². The summed E-state index contributed by atoms with van der Waals surface area (Å²) in [5.74, 6) is 0. The van der Waals surface area contributed by atoms with Crippen LogP contribution in [0.5, 0.6) is 0 Å². The maximum absolute atomic E-state index is 5.49. The molecule has 2 aliphatic rings. The van der Waals surface area contributed by atoms with Crippen LogP contribution in [-0.4, -0.2) is 49.3 Å². The summed E-state index contributed by atoms with van der Waals surface area (Å²) in [4.78, 5) is 2.71. The molecule has 0 aromatic carbocycles. The third-order valence-corrected chi connectivity index (χ3v) is 4.96. The van der Waals surface area contributed by atoms with E-state index in [2.05, 4.69) is 24.1 Å². The Morgan fingerprint density at radius 3 is 2.65 bits per heavy atom. The second kappa shape index (κ2) is 5.68. The maximum atomic E-state index is 5.49. The second-order valence-corrected chi connectivity index (χ2v) is 5.71. The summed E-state index contributed by atoms with van der Waals surface area (Å²) in [7, 11) is 1.85. The molecule has 17 heavy (non-hydrogen) atoms. The minimum Gasteiger partial charge on any atom is -0.381 e. The van der Waals surface area contributed by atoms with Crippen molar-refractivity contribution in [3.05, 3.63) is 0 Å². The third-order valence-electron chi connectivity index (χ3n) is 4.96. The van der Waals surface area contributed by atoms with E-state index in [-0.39, 0.29) is 0 Å². The van der Waals surface area contributed by atoms with Crippen molar-refractivity contribution in [1.29, 1.82) is 0 Å². The first-order valence-electron chi connectivity index (χ1n) is 7.25. The minimum atomic E-state index is 0.364. The fourth-order valence-electron chi connectivity index (χ4n) is 3.49. The Morgan fingerprint density at radius 2 is 2.06 bits per heavy atom. The first kappa shape index (κ1) is 13.3. The predicted octanol–water partition coefficient (Wildman–Crippen LogP) is 2.02. The molecule has 1 N–H and O–H groups in total. The fraction of sp³-hybridized carbons (Fsp3) is 1.00. The van der Waals surface area contributed by atoms with Crippen LogP contribution in [0.2, 0.25) is 0 Å². The van der Waals surface area contributed by atoms with Crippen LogP contribution in [0, 0.1) is 0 Å². The van der Waals surface area contributed by atoms with E-state index in [9.17, 15) is 0 Å². The van der Waals surface area contributed by atoms with Gasteiger partial charge in [-0.25, -0.2) is 0 Å². The molecule has 1 aliphatic carbocycles. The highest BCUT2D eigenvalue weighted by Gasteiger charge is 2.37. The zero-order chi connectivity index (χ0) is 12.3. The number of nitrogens with zero attached hydrogens (tertiary/aromatic N) is 1. The molecule has 0 bridgehead atoms. The lowest BCUT2D eigenvalue weighted by molar-refractivity contribution is 0.0678. The highest BCUT2D eigenvalue weighted by atomic mass is 16.5.